The fourth-order valence-corrected chi connectivity index (χ4v) is 4.14. The molecule has 2 heteroatoms. The van der Waals surface area contributed by atoms with Crippen molar-refractivity contribution in [2.75, 3.05) is 25.5 Å². The normalized spacial score (nSPS) is 15.3. The largest absolute Gasteiger partial charge is 0.378 e. The topological polar surface area (TPSA) is 6.25 Å². The van der Waals surface area contributed by atoms with Gasteiger partial charge in [0.2, 0.25) is 5.69 Å². The van der Waals surface area contributed by atoms with E-state index in [2.05, 4.69) is 105 Å². The van der Waals surface area contributed by atoms with Gasteiger partial charge in [-0.2, -0.15) is 4.58 Å². The van der Waals surface area contributed by atoms with Gasteiger partial charge in [-0.1, -0.05) is 50.1 Å². The molecule has 0 fully saturated rings. The summed E-state index contributed by atoms with van der Waals surface area (Å²) in [5.41, 5.74) is 6.73. The van der Waals surface area contributed by atoms with E-state index in [1.807, 2.05) is 0 Å². The first-order valence-electron chi connectivity index (χ1n) is 10.6. The van der Waals surface area contributed by atoms with Crippen molar-refractivity contribution in [1.82, 2.24) is 0 Å². The lowest BCUT2D eigenvalue weighted by molar-refractivity contribution is -0.438. The molecule has 0 amide bonds. The van der Waals surface area contributed by atoms with E-state index in [-0.39, 0.29) is 5.41 Å². The molecule has 1 aliphatic heterocycles. The van der Waals surface area contributed by atoms with Gasteiger partial charge in [0, 0.05) is 43.9 Å². The summed E-state index contributed by atoms with van der Waals surface area (Å²) in [6.45, 7) is 8.08. The predicted molar refractivity (Wildman–Crippen MR) is 123 cm³/mol. The molecule has 2 nitrogen and oxygen atoms in total. The second-order valence-corrected chi connectivity index (χ2v) is 8.56. The number of para-hydroxylation sites is 1. The van der Waals surface area contributed by atoms with Crippen LogP contribution in [0.5, 0.6) is 0 Å². The predicted octanol–water partition coefficient (Wildman–Crippen LogP) is 6.42. The van der Waals surface area contributed by atoms with Crippen molar-refractivity contribution in [2.24, 2.45) is 0 Å². The second-order valence-electron chi connectivity index (χ2n) is 8.56. The van der Waals surface area contributed by atoms with Gasteiger partial charge >= 0.3 is 0 Å². The van der Waals surface area contributed by atoms with Crippen LogP contribution in [0.3, 0.4) is 0 Å². The molecule has 148 valence electrons. The van der Waals surface area contributed by atoms with E-state index in [0.717, 1.165) is 6.54 Å². The summed E-state index contributed by atoms with van der Waals surface area (Å²) >= 11 is 0. The second kappa shape index (κ2) is 8.77. The van der Waals surface area contributed by atoms with Gasteiger partial charge in [0.1, 0.15) is 6.54 Å². The zero-order valence-corrected chi connectivity index (χ0v) is 18.2. The summed E-state index contributed by atoms with van der Waals surface area (Å²) in [6.07, 6.45) is 9.75. The summed E-state index contributed by atoms with van der Waals surface area (Å²) in [6, 6.07) is 17.7. The Morgan fingerprint density at radius 1 is 0.893 bits per heavy atom. The highest BCUT2D eigenvalue weighted by Crippen LogP contribution is 2.40. The van der Waals surface area contributed by atoms with Gasteiger partial charge in [0.05, 0.1) is 5.41 Å². The first kappa shape index (κ1) is 20.4. The average molecular weight is 376 g/mol. The van der Waals surface area contributed by atoms with Crippen molar-refractivity contribution in [3.8, 4) is 0 Å². The molecule has 0 unspecified atom stereocenters. The summed E-state index contributed by atoms with van der Waals surface area (Å²) in [5, 5.41) is 0. The Kier molecular flexibility index (Phi) is 6.39. The lowest BCUT2D eigenvalue weighted by atomic mass is 9.81. The highest BCUT2D eigenvalue weighted by atomic mass is 15.1. The molecular formula is C26H35N2+. The average Bonchev–Trinajstić information content (AvgIpc) is 2.91. The van der Waals surface area contributed by atoms with Gasteiger partial charge in [-0.05, 0) is 44.0 Å². The quantitative estimate of drug-likeness (QED) is 0.381. The van der Waals surface area contributed by atoms with Crippen LogP contribution in [0.4, 0.5) is 11.4 Å². The van der Waals surface area contributed by atoms with E-state index in [4.69, 9.17) is 0 Å². The third-order valence-electron chi connectivity index (χ3n) is 5.88. The Morgan fingerprint density at radius 3 is 2.29 bits per heavy atom. The molecular weight excluding hydrogens is 340 g/mol. The molecule has 0 radical (unpaired) electrons. The van der Waals surface area contributed by atoms with E-state index in [1.54, 1.807) is 0 Å². The van der Waals surface area contributed by atoms with E-state index in [1.165, 1.54) is 53.9 Å². The Labute approximate surface area is 171 Å². The molecule has 1 aliphatic rings. The van der Waals surface area contributed by atoms with Crippen molar-refractivity contribution < 1.29 is 4.58 Å². The number of anilines is 1. The number of hydrogen-bond donors (Lipinski definition) is 0. The smallest absolute Gasteiger partial charge is 0.209 e. The minimum atomic E-state index is 0.0292. The lowest BCUT2D eigenvalue weighted by Gasteiger charge is -2.15. The van der Waals surface area contributed by atoms with Crippen LogP contribution >= 0.6 is 0 Å². The van der Waals surface area contributed by atoms with Crippen molar-refractivity contribution in [2.45, 2.75) is 51.9 Å². The number of unbranched alkanes of at least 4 members (excludes halogenated alkanes) is 3. The summed E-state index contributed by atoms with van der Waals surface area (Å²) in [7, 11) is 4.16. The number of hydrogen-bond acceptors (Lipinski definition) is 1. The van der Waals surface area contributed by atoms with Crippen LogP contribution in [0.2, 0.25) is 0 Å². The van der Waals surface area contributed by atoms with Crippen LogP contribution in [0, 0.1) is 0 Å². The van der Waals surface area contributed by atoms with Crippen molar-refractivity contribution in [1.29, 1.82) is 0 Å². The molecule has 2 aromatic carbocycles. The van der Waals surface area contributed by atoms with Crippen molar-refractivity contribution in [3.05, 3.63) is 65.7 Å². The minimum Gasteiger partial charge on any atom is -0.378 e. The van der Waals surface area contributed by atoms with Crippen molar-refractivity contribution >= 4 is 23.2 Å². The fraction of sp³-hybridized carbons (Fsp3) is 0.423. The molecule has 0 atom stereocenters. The van der Waals surface area contributed by atoms with E-state index in [0.29, 0.717) is 0 Å². The molecule has 0 saturated heterocycles. The standard InChI is InChI=1S/C26H35N2/c1-6-7-8-11-20-28-24-13-10-9-12-23(24)26(2,3)25(28)19-16-21-14-17-22(18-15-21)27(4)5/h9-10,12-19H,6-8,11,20H2,1-5H3/q+1. The summed E-state index contributed by atoms with van der Waals surface area (Å²) in [4.78, 5) is 2.14. The maximum atomic E-state index is 2.55. The third kappa shape index (κ3) is 4.22. The van der Waals surface area contributed by atoms with E-state index >= 15 is 0 Å². The molecule has 1 heterocycles. The molecule has 0 N–H and O–H groups in total. The fourth-order valence-electron chi connectivity index (χ4n) is 4.14. The zero-order valence-electron chi connectivity index (χ0n) is 18.2. The number of rotatable bonds is 8. The van der Waals surface area contributed by atoms with E-state index in [9.17, 15) is 0 Å². The number of benzene rings is 2. The molecule has 3 rings (SSSR count). The maximum absolute atomic E-state index is 2.55. The Morgan fingerprint density at radius 2 is 1.61 bits per heavy atom. The number of allylic oxidation sites excluding steroid dienone is 1. The molecule has 0 bridgehead atoms. The van der Waals surface area contributed by atoms with Gasteiger partial charge in [-0.15, -0.1) is 0 Å². The molecule has 0 aliphatic carbocycles. The van der Waals surface area contributed by atoms with Crippen LogP contribution in [0.15, 0.2) is 54.6 Å². The molecule has 2 aromatic rings. The lowest BCUT2D eigenvalue weighted by Crippen LogP contribution is -2.27. The molecule has 0 aromatic heterocycles. The highest BCUT2D eigenvalue weighted by Gasteiger charge is 2.43. The number of fused-ring (bicyclic) bond motifs is 1. The van der Waals surface area contributed by atoms with Crippen LogP contribution in [-0.2, 0) is 5.41 Å². The van der Waals surface area contributed by atoms with Crippen LogP contribution in [-0.4, -0.2) is 30.9 Å². The van der Waals surface area contributed by atoms with Gasteiger partial charge in [0.25, 0.3) is 0 Å². The maximum Gasteiger partial charge on any atom is 0.209 e. The Bertz CT molecular complexity index is 854. The van der Waals surface area contributed by atoms with Crippen molar-refractivity contribution in [3.63, 3.8) is 0 Å². The van der Waals surface area contributed by atoms with Crippen LogP contribution < -0.4 is 4.90 Å². The first-order chi connectivity index (χ1) is 13.4. The van der Waals surface area contributed by atoms with Gasteiger partial charge < -0.3 is 4.90 Å². The molecule has 0 spiro atoms. The first-order valence-corrected chi connectivity index (χ1v) is 10.6. The number of nitrogens with zero attached hydrogens (tertiary/aromatic N) is 2. The summed E-state index contributed by atoms with van der Waals surface area (Å²) < 4.78 is 2.55. The zero-order chi connectivity index (χ0) is 20.1. The van der Waals surface area contributed by atoms with Gasteiger partial charge in [-0.25, -0.2) is 0 Å². The van der Waals surface area contributed by atoms with Gasteiger partial charge in [-0.3, -0.25) is 0 Å². The minimum absolute atomic E-state index is 0.0292. The van der Waals surface area contributed by atoms with Crippen LogP contribution in [0.1, 0.15) is 57.6 Å². The summed E-state index contributed by atoms with van der Waals surface area (Å²) in [5.74, 6) is 0. The monoisotopic (exact) mass is 375 g/mol. The van der Waals surface area contributed by atoms with Gasteiger partial charge in [0.15, 0.2) is 5.71 Å². The SMILES string of the molecule is CCCCCC[N+]1=C(/C=C/c2ccc(N(C)C)cc2)C(C)(C)c2ccccc21. The Balaban J connectivity index is 1.91. The van der Waals surface area contributed by atoms with Crippen LogP contribution in [0.25, 0.3) is 6.08 Å². The molecule has 28 heavy (non-hydrogen) atoms. The molecule has 0 saturated carbocycles. The Hall–Kier alpha value is -2.35. The van der Waals surface area contributed by atoms with E-state index < -0.39 is 0 Å². The highest BCUT2D eigenvalue weighted by molar-refractivity contribution is 6.05. The third-order valence-corrected chi connectivity index (χ3v) is 5.88.